The third-order valence-electron chi connectivity index (χ3n) is 4.75. The van der Waals surface area contributed by atoms with Crippen molar-refractivity contribution in [3.63, 3.8) is 0 Å². The summed E-state index contributed by atoms with van der Waals surface area (Å²) in [4.78, 5) is 7.13. The van der Waals surface area contributed by atoms with Crippen molar-refractivity contribution in [1.82, 2.24) is 15.0 Å². The maximum absolute atomic E-state index is 5.52. The fourth-order valence-electron chi connectivity index (χ4n) is 3.65. The summed E-state index contributed by atoms with van der Waals surface area (Å²) in [6.07, 6.45) is 6.43. The Bertz CT molecular complexity index is 426. The predicted octanol–water partition coefficient (Wildman–Crippen LogP) is 2.14. The topological polar surface area (TPSA) is 42.2 Å². The van der Waals surface area contributed by atoms with Crippen molar-refractivity contribution < 1.29 is 4.52 Å². The quantitative estimate of drug-likeness (QED) is 0.785. The molecule has 3 atom stereocenters. The Hall–Kier alpha value is -0.900. The molecule has 5 rings (SSSR count). The molecule has 0 aromatic carbocycles. The molecule has 2 saturated heterocycles. The smallest absolute Gasteiger partial charge is 0.231 e. The van der Waals surface area contributed by atoms with Gasteiger partial charge in [-0.3, -0.25) is 0 Å². The molecular weight excluding hydrogens is 214 g/mol. The highest BCUT2D eigenvalue weighted by Gasteiger charge is 2.42. The Labute approximate surface area is 101 Å². The SMILES string of the molecule is CN1CC2CCC1C(c1nc(C3CC3)no1)C2. The van der Waals surface area contributed by atoms with Crippen LogP contribution in [0.15, 0.2) is 4.52 Å². The fourth-order valence-corrected chi connectivity index (χ4v) is 3.65. The summed E-state index contributed by atoms with van der Waals surface area (Å²) in [7, 11) is 2.24. The summed E-state index contributed by atoms with van der Waals surface area (Å²) >= 11 is 0. The van der Waals surface area contributed by atoms with Gasteiger partial charge in [0, 0.05) is 18.5 Å². The third-order valence-corrected chi connectivity index (χ3v) is 4.75. The van der Waals surface area contributed by atoms with Crippen LogP contribution >= 0.6 is 0 Å². The summed E-state index contributed by atoms with van der Waals surface area (Å²) < 4.78 is 5.52. The Morgan fingerprint density at radius 2 is 2.12 bits per heavy atom. The van der Waals surface area contributed by atoms with Crippen molar-refractivity contribution in [3.05, 3.63) is 11.7 Å². The molecule has 3 unspecified atom stereocenters. The molecule has 0 N–H and O–H groups in total. The standard InChI is InChI=1S/C13H19N3O/c1-16-7-8-2-5-11(16)10(6-8)13-14-12(15-17-13)9-3-4-9/h8-11H,2-7H2,1H3. The molecule has 2 saturated carbocycles. The Morgan fingerprint density at radius 3 is 2.82 bits per heavy atom. The molecule has 4 nitrogen and oxygen atoms in total. The van der Waals surface area contributed by atoms with Crippen LogP contribution in [0.25, 0.3) is 0 Å². The van der Waals surface area contributed by atoms with Crippen LogP contribution in [0, 0.1) is 5.92 Å². The summed E-state index contributed by atoms with van der Waals surface area (Å²) in [5, 5.41) is 4.16. The van der Waals surface area contributed by atoms with E-state index < -0.39 is 0 Å². The first-order valence-electron chi connectivity index (χ1n) is 6.85. The molecule has 4 heteroatoms. The normalized spacial score (nSPS) is 37.6. The van der Waals surface area contributed by atoms with Crippen LogP contribution in [0.3, 0.4) is 0 Å². The van der Waals surface area contributed by atoms with Crippen molar-refractivity contribution in [2.45, 2.75) is 50.0 Å². The summed E-state index contributed by atoms with van der Waals surface area (Å²) in [5.74, 6) is 3.81. The zero-order valence-corrected chi connectivity index (χ0v) is 10.3. The largest absolute Gasteiger partial charge is 0.339 e. The molecule has 1 aromatic heterocycles. The van der Waals surface area contributed by atoms with Gasteiger partial charge in [0.2, 0.25) is 5.89 Å². The van der Waals surface area contributed by atoms with Crippen molar-refractivity contribution in [2.75, 3.05) is 13.6 Å². The van der Waals surface area contributed by atoms with Gasteiger partial charge < -0.3 is 9.42 Å². The monoisotopic (exact) mass is 233 g/mol. The second-order valence-electron chi connectivity index (χ2n) is 6.06. The molecule has 0 spiro atoms. The number of likely N-dealkylation sites (N-methyl/N-ethyl adjacent to an activating group) is 1. The highest BCUT2D eigenvalue weighted by molar-refractivity contribution is 5.10. The molecule has 2 bridgehead atoms. The number of piperidine rings is 2. The van der Waals surface area contributed by atoms with E-state index in [0.717, 1.165) is 17.6 Å². The number of nitrogens with zero attached hydrogens (tertiary/aromatic N) is 3. The van der Waals surface area contributed by atoms with Crippen LogP contribution in [0.4, 0.5) is 0 Å². The first-order valence-corrected chi connectivity index (χ1v) is 6.85. The van der Waals surface area contributed by atoms with Gasteiger partial charge in [0.1, 0.15) is 0 Å². The maximum atomic E-state index is 5.52. The van der Waals surface area contributed by atoms with E-state index in [1.165, 1.54) is 38.6 Å². The van der Waals surface area contributed by atoms with E-state index in [1.807, 2.05) is 0 Å². The van der Waals surface area contributed by atoms with Crippen molar-refractivity contribution in [1.29, 1.82) is 0 Å². The first kappa shape index (κ1) is 10.1. The van der Waals surface area contributed by atoms with Crippen LogP contribution in [-0.2, 0) is 0 Å². The highest BCUT2D eigenvalue weighted by Crippen LogP contribution is 2.44. The minimum Gasteiger partial charge on any atom is -0.339 e. The van der Waals surface area contributed by atoms with Crippen molar-refractivity contribution in [2.24, 2.45) is 5.92 Å². The number of hydrogen-bond donors (Lipinski definition) is 0. The molecule has 1 aromatic rings. The minimum absolute atomic E-state index is 0.493. The van der Waals surface area contributed by atoms with Crippen LogP contribution in [0.2, 0.25) is 0 Å². The second-order valence-corrected chi connectivity index (χ2v) is 6.06. The molecule has 0 radical (unpaired) electrons. The van der Waals surface area contributed by atoms with E-state index in [4.69, 9.17) is 4.52 Å². The van der Waals surface area contributed by atoms with Gasteiger partial charge in [-0.05, 0) is 45.1 Å². The van der Waals surface area contributed by atoms with Gasteiger partial charge in [-0.2, -0.15) is 4.98 Å². The molecular formula is C13H19N3O. The molecule has 17 heavy (non-hydrogen) atoms. The molecule has 4 aliphatic rings. The lowest BCUT2D eigenvalue weighted by atomic mass is 9.73. The number of aromatic nitrogens is 2. The van der Waals surface area contributed by atoms with E-state index in [9.17, 15) is 0 Å². The van der Waals surface area contributed by atoms with Crippen LogP contribution in [-0.4, -0.2) is 34.7 Å². The zero-order valence-electron chi connectivity index (χ0n) is 10.3. The summed E-state index contributed by atoms with van der Waals surface area (Å²) in [6, 6.07) is 0.632. The lowest BCUT2D eigenvalue weighted by molar-refractivity contribution is 0.0403. The van der Waals surface area contributed by atoms with Gasteiger partial charge in [0.15, 0.2) is 5.82 Å². The van der Waals surface area contributed by atoms with Crippen molar-refractivity contribution in [3.8, 4) is 0 Å². The van der Waals surface area contributed by atoms with Gasteiger partial charge in [0.05, 0.1) is 5.92 Å². The maximum Gasteiger partial charge on any atom is 0.231 e. The predicted molar refractivity (Wildman–Crippen MR) is 62.8 cm³/mol. The van der Waals surface area contributed by atoms with Gasteiger partial charge in [-0.15, -0.1) is 0 Å². The van der Waals surface area contributed by atoms with Gasteiger partial charge >= 0.3 is 0 Å². The van der Waals surface area contributed by atoms with Crippen LogP contribution in [0.1, 0.15) is 55.7 Å². The zero-order chi connectivity index (χ0) is 11.4. The van der Waals surface area contributed by atoms with Gasteiger partial charge in [0.25, 0.3) is 0 Å². The van der Waals surface area contributed by atoms with Crippen LogP contribution < -0.4 is 0 Å². The lowest BCUT2D eigenvalue weighted by Crippen LogP contribution is -2.50. The third kappa shape index (κ3) is 1.61. The number of rotatable bonds is 2. The van der Waals surface area contributed by atoms with E-state index in [0.29, 0.717) is 17.9 Å². The molecule has 4 fully saturated rings. The molecule has 2 aliphatic heterocycles. The van der Waals surface area contributed by atoms with Crippen LogP contribution in [0.5, 0.6) is 0 Å². The molecule has 0 amide bonds. The Morgan fingerprint density at radius 1 is 1.24 bits per heavy atom. The number of fused-ring (bicyclic) bond motifs is 3. The Balaban J connectivity index is 1.60. The average Bonchev–Trinajstić information content (AvgIpc) is 3.07. The summed E-state index contributed by atoms with van der Waals surface area (Å²) in [6.45, 7) is 1.25. The van der Waals surface area contributed by atoms with E-state index >= 15 is 0 Å². The van der Waals surface area contributed by atoms with Gasteiger partial charge in [-0.25, -0.2) is 0 Å². The molecule has 2 aliphatic carbocycles. The minimum atomic E-state index is 0.493. The highest BCUT2D eigenvalue weighted by atomic mass is 16.5. The fraction of sp³-hybridized carbons (Fsp3) is 0.846. The van der Waals surface area contributed by atoms with E-state index in [-0.39, 0.29) is 0 Å². The Kier molecular flexibility index (Phi) is 2.10. The molecule has 3 heterocycles. The van der Waals surface area contributed by atoms with Crippen molar-refractivity contribution >= 4 is 0 Å². The second kappa shape index (κ2) is 3.55. The average molecular weight is 233 g/mol. The first-order chi connectivity index (χ1) is 8.31. The van der Waals surface area contributed by atoms with Gasteiger partial charge in [-0.1, -0.05) is 5.16 Å². The van der Waals surface area contributed by atoms with E-state index in [1.54, 1.807) is 0 Å². The number of hydrogen-bond acceptors (Lipinski definition) is 4. The summed E-state index contributed by atoms with van der Waals surface area (Å²) in [5.41, 5.74) is 0. The molecule has 92 valence electrons. The lowest BCUT2D eigenvalue weighted by Gasteiger charge is -2.47. The van der Waals surface area contributed by atoms with E-state index in [2.05, 4.69) is 22.1 Å².